The minimum absolute atomic E-state index is 0.0364. The Bertz CT molecular complexity index is 1230. The molecule has 2 atom stereocenters. The number of hydrogen-bond donors (Lipinski definition) is 1. The third kappa shape index (κ3) is 4.89. The van der Waals surface area contributed by atoms with Crippen LogP contribution in [0.3, 0.4) is 0 Å². The average molecular weight is 473 g/mol. The van der Waals surface area contributed by atoms with Gasteiger partial charge in [-0.25, -0.2) is 4.79 Å². The van der Waals surface area contributed by atoms with Crippen molar-refractivity contribution in [1.82, 2.24) is 0 Å². The van der Waals surface area contributed by atoms with Crippen molar-refractivity contribution in [2.24, 2.45) is 0 Å². The number of carboxylic acids is 1. The van der Waals surface area contributed by atoms with Crippen LogP contribution in [-0.2, 0) is 9.59 Å². The van der Waals surface area contributed by atoms with Gasteiger partial charge < -0.3 is 19.6 Å². The number of anilines is 3. The molecule has 2 unspecified atom stereocenters. The topological polar surface area (TPSA) is 87.2 Å². The van der Waals surface area contributed by atoms with Crippen LogP contribution in [0.5, 0.6) is 5.75 Å². The van der Waals surface area contributed by atoms with E-state index in [4.69, 9.17) is 9.84 Å². The molecule has 1 N–H and O–H groups in total. The van der Waals surface area contributed by atoms with E-state index in [2.05, 4.69) is 11.8 Å². The van der Waals surface area contributed by atoms with Gasteiger partial charge in [-0.1, -0.05) is 43.3 Å². The molecule has 3 aromatic carbocycles. The van der Waals surface area contributed by atoms with Gasteiger partial charge in [0, 0.05) is 35.5 Å². The monoisotopic (exact) mass is 472 g/mol. The molecule has 0 saturated heterocycles. The summed E-state index contributed by atoms with van der Waals surface area (Å²) in [5.41, 5.74) is 3.81. The maximum Gasteiger partial charge on any atom is 0.341 e. The summed E-state index contributed by atoms with van der Waals surface area (Å²) >= 11 is 0. The van der Waals surface area contributed by atoms with Crippen LogP contribution in [0.4, 0.5) is 17.1 Å². The first-order chi connectivity index (χ1) is 16.9. The van der Waals surface area contributed by atoms with E-state index in [0.29, 0.717) is 29.8 Å². The van der Waals surface area contributed by atoms with Gasteiger partial charge in [0.1, 0.15) is 5.75 Å². The van der Waals surface area contributed by atoms with Gasteiger partial charge in [-0.05, 0) is 49.2 Å². The third-order valence-corrected chi connectivity index (χ3v) is 6.23. The Hall–Kier alpha value is -4.13. The highest BCUT2D eigenvalue weighted by molar-refractivity contribution is 5.95. The number of nitrogens with zero attached hydrogens (tertiary/aromatic N) is 2. The first kappa shape index (κ1) is 24.0. The van der Waals surface area contributed by atoms with Crippen molar-refractivity contribution in [2.75, 3.05) is 16.4 Å². The number of aldehydes is 1. The van der Waals surface area contributed by atoms with Crippen LogP contribution < -0.4 is 14.5 Å². The van der Waals surface area contributed by atoms with Gasteiger partial charge in [0.25, 0.3) is 0 Å². The van der Waals surface area contributed by atoms with Gasteiger partial charge in [0.05, 0.1) is 11.7 Å². The zero-order valence-corrected chi connectivity index (χ0v) is 19.8. The van der Waals surface area contributed by atoms with Gasteiger partial charge in [-0.2, -0.15) is 0 Å². The second-order valence-corrected chi connectivity index (χ2v) is 8.50. The first-order valence-electron chi connectivity index (χ1n) is 11.6. The number of ether oxygens (including phenoxy) is 1. The predicted octanol–water partition coefficient (Wildman–Crippen LogP) is 5.38. The number of aliphatic carboxylic acids is 1. The van der Waals surface area contributed by atoms with Gasteiger partial charge in [-0.3, -0.25) is 9.59 Å². The zero-order valence-electron chi connectivity index (χ0n) is 19.8. The second-order valence-electron chi connectivity index (χ2n) is 8.50. The molecule has 3 aromatic rings. The highest BCUT2D eigenvalue weighted by Gasteiger charge is 2.37. The number of para-hydroxylation sites is 2. The molecular formula is C28H28N2O5. The fraction of sp³-hybridized carbons (Fsp3) is 0.250. The molecule has 1 amide bonds. The molecule has 0 saturated carbocycles. The summed E-state index contributed by atoms with van der Waals surface area (Å²) in [7, 11) is 0. The normalized spacial score (nSPS) is 16.8. The van der Waals surface area contributed by atoms with Gasteiger partial charge >= 0.3 is 5.97 Å². The molecule has 0 fully saturated rings. The molecule has 4 rings (SSSR count). The van der Waals surface area contributed by atoms with Crippen LogP contribution in [0, 0.1) is 0 Å². The van der Waals surface area contributed by atoms with Crippen LogP contribution in [0.25, 0.3) is 0 Å². The van der Waals surface area contributed by atoms with Crippen molar-refractivity contribution >= 4 is 35.2 Å². The van der Waals surface area contributed by atoms with E-state index < -0.39 is 12.6 Å². The van der Waals surface area contributed by atoms with Gasteiger partial charge in [0.2, 0.25) is 5.91 Å². The van der Waals surface area contributed by atoms with Crippen molar-refractivity contribution in [1.29, 1.82) is 0 Å². The lowest BCUT2D eigenvalue weighted by Crippen LogP contribution is -2.43. The lowest BCUT2D eigenvalue weighted by molar-refractivity contribution is -0.139. The number of fused-ring (bicyclic) bond motifs is 1. The highest BCUT2D eigenvalue weighted by Crippen LogP contribution is 2.46. The Morgan fingerprint density at radius 2 is 1.77 bits per heavy atom. The summed E-state index contributed by atoms with van der Waals surface area (Å²) in [5.74, 6) is -0.673. The van der Waals surface area contributed by atoms with Gasteiger partial charge in [-0.15, -0.1) is 0 Å². The summed E-state index contributed by atoms with van der Waals surface area (Å²) in [6.45, 7) is 3.45. The molecule has 7 heteroatoms. The molecule has 7 nitrogen and oxygen atoms in total. The Labute approximate surface area is 204 Å². The summed E-state index contributed by atoms with van der Waals surface area (Å²) in [6, 6.07) is 22.2. The quantitative estimate of drug-likeness (QED) is 0.443. The van der Waals surface area contributed by atoms with Crippen LogP contribution in [0.1, 0.15) is 48.7 Å². The second kappa shape index (κ2) is 10.4. The maximum absolute atomic E-state index is 13.2. The van der Waals surface area contributed by atoms with Gasteiger partial charge in [0.15, 0.2) is 12.9 Å². The molecule has 0 radical (unpaired) electrons. The first-order valence-corrected chi connectivity index (χ1v) is 11.6. The smallest absolute Gasteiger partial charge is 0.341 e. The molecular weight excluding hydrogens is 444 g/mol. The number of carbonyl (C=O) groups is 3. The minimum atomic E-state index is -1.08. The lowest BCUT2D eigenvalue weighted by Gasteiger charge is -2.45. The number of carbonyl (C=O) groups excluding carboxylic acids is 2. The third-order valence-electron chi connectivity index (χ3n) is 6.23. The number of benzene rings is 3. The molecule has 1 aliphatic rings. The van der Waals surface area contributed by atoms with E-state index in [0.717, 1.165) is 23.2 Å². The predicted molar refractivity (Wildman–Crippen MR) is 135 cm³/mol. The summed E-state index contributed by atoms with van der Waals surface area (Å²) in [4.78, 5) is 40.0. The maximum atomic E-state index is 13.2. The summed E-state index contributed by atoms with van der Waals surface area (Å²) in [5, 5.41) is 8.98. The van der Waals surface area contributed by atoms with E-state index in [1.165, 1.54) is 0 Å². The number of carboxylic acid groups (broad SMARTS) is 1. The Morgan fingerprint density at radius 3 is 2.46 bits per heavy atom. The van der Waals surface area contributed by atoms with Crippen molar-refractivity contribution in [3.05, 3.63) is 83.9 Å². The van der Waals surface area contributed by atoms with Crippen LogP contribution >= 0.6 is 0 Å². The van der Waals surface area contributed by atoms with Crippen molar-refractivity contribution in [3.63, 3.8) is 0 Å². The standard InChI is InChI=1S/C28H28N2O5/c1-3-27(32)30(21-9-5-4-6-10-21)26-15-19(2)29(24-12-8-7-11-23(24)26)25-16-22(35-18-28(33)34)14-13-20(25)17-31/h4-14,16-17,19,26H,3,15,18H2,1-2H3,(H,33,34). The zero-order chi connectivity index (χ0) is 24.9. The van der Waals surface area contributed by atoms with E-state index >= 15 is 0 Å². The molecule has 1 aliphatic heterocycles. The lowest BCUT2D eigenvalue weighted by atomic mass is 9.89. The van der Waals surface area contributed by atoms with Crippen molar-refractivity contribution in [2.45, 2.75) is 38.8 Å². The van der Waals surface area contributed by atoms with E-state index in [1.807, 2.05) is 66.4 Å². The Kier molecular flexibility index (Phi) is 7.15. The molecule has 1 heterocycles. The molecule has 0 spiro atoms. The molecule has 35 heavy (non-hydrogen) atoms. The minimum Gasteiger partial charge on any atom is -0.482 e. The largest absolute Gasteiger partial charge is 0.482 e. The molecule has 180 valence electrons. The number of hydrogen-bond acceptors (Lipinski definition) is 5. The molecule has 0 aliphatic carbocycles. The molecule has 0 bridgehead atoms. The number of rotatable bonds is 8. The fourth-order valence-electron chi connectivity index (χ4n) is 4.72. The van der Waals surface area contributed by atoms with E-state index in [1.54, 1.807) is 18.2 Å². The summed E-state index contributed by atoms with van der Waals surface area (Å²) in [6.07, 6.45) is 1.80. The Balaban J connectivity index is 1.81. The SMILES string of the molecule is CCC(=O)N(c1ccccc1)C1CC(C)N(c2cc(OCC(=O)O)ccc2C=O)c2ccccc21. The Morgan fingerprint density at radius 1 is 1.06 bits per heavy atom. The van der Waals surface area contributed by atoms with Crippen LogP contribution in [0.15, 0.2) is 72.8 Å². The van der Waals surface area contributed by atoms with E-state index in [-0.39, 0.29) is 18.0 Å². The molecule has 0 aromatic heterocycles. The van der Waals surface area contributed by atoms with Crippen molar-refractivity contribution in [3.8, 4) is 5.75 Å². The van der Waals surface area contributed by atoms with Crippen LogP contribution in [-0.4, -0.2) is 35.9 Å². The highest BCUT2D eigenvalue weighted by atomic mass is 16.5. The van der Waals surface area contributed by atoms with Crippen molar-refractivity contribution < 1.29 is 24.2 Å². The fourth-order valence-corrected chi connectivity index (χ4v) is 4.72. The average Bonchev–Trinajstić information content (AvgIpc) is 2.88. The number of amides is 1. The summed E-state index contributed by atoms with van der Waals surface area (Å²) < 4.78 is 5.39. The van der Waals surface area contributed by atoms with Crippen LogP contribution in [0.2, 0.25) is 0 Å². The van der Waals surface area contributed by atoms with E-state index in [9.17, 15) is 14.4 Å².